The Bertz CT molecular complexity index is 408. The van der Waals surface area contributed by atoms with E-state index in [1.54, 1.807) is 0 Å². The Kier molecular flexibility index (Phi) is 4.59. The minimum absolute atomic E-state index is 0.721. The quantitative estimate of drug-likeness (QED) is 0.812. The number of aromatic nitrogens is 1. The fourth-order valence-electron chi connectivity index (χ4n) is 2.82. The molecule has 1 aliphatic carbocycles. The van der Waals surface area contributed by atoms with Crippen molar-refractivity contribution in [2.45, 2.75) is 46.6 Å². The summed E-state index contributed by atoms with van der Waals surface area (Å²) in [5.41, 5.74) is 1.53. The zero-order valence-electron chi connectivity index (χ0n) is 11.7. The SMILES string of the molecule is CCc1cnc(CNCC2CC(C)=CC(C)C2)o1. The van der Waals surface area contributed by atoms with Gasteiger partial charge in [-0.05, 0) is 38.1 Å². The van der Waals surface area contributed by atoms with E-state index in [1.165, 1.54) is 18.4 Å². The number of hydrogen-bond donors (Lipinski definition) is 1. The summed E-state index contributed by atoms with van der Waals surface area (Å²) in [6.07, 6.45) is 7.65. The smallest absolute Gasteiger partial charge is 0.208 e. The highest BCUT2D eigenvalue weighted by atomic mass is 16.4. The summed E-state index contributed by atoms with van der Waals surface area (Å²) in [4.78, 5) is 4.26. The van der Waals surface area contributed by atoms with Crippen LogP contribution >= 0.6 is 0 Å². The molecular formula is C15H24N2O. The first-order valence-electron chi connectivity index (χ1n) is 6.99. The van der Waals surface area contributed by atoms with Crippen molar-refractivity contribution in [1.29, 1.82) is 0 Å². The fraction of sp³-hybridized carbons (Fsp3) is 0.667. The summed E-state index contributed by atoms with van der Waals surface area (Å²) in [5.74, 6) is 3.25. The van der Waals surface area contributed by atoms with Crippen LogP contribution in [-0.2, 0) is 13.0 Å². The first-order chi connectivity index (χ1) is 8.67. The maximum absolute atomic E-state index is 5.58. The Balaban J connectivity index is 1.74. The summed E-state index contributed by atoms with van der Waals surface area (Å²) in [7, 11) is 0. The van der Waals surface area contributed by atoms with Gasteiger partial charge in [-0.1, -0.05) is 25.5 Å². The summed E-state index contributed by atoms with van der Waals surface area (Å²) in [6, 6.07) is 0. The largest absolute Gasteiger partial charge is 0.444 e. The topological polar surface area (TPSA) is 38.1 Å². The van der Waals surface area contributed by atoms with E-state index in [9.17, 15) is 0 Å². The Labute approximate surface area is 110 Å². The summed E-state index contributed by atoms with van der Waals surface area (Å²) in [6.45, 7) is 8.42. The number of aryl methyl sites for hydroxylation is 1. The van der Waals surface area contributed by atoms with Crippen molar-refractivity contribution >= 4 is 0 Å². The normalized spacial score (nSPS) is 24.1. The van der Waals surface area contributed by atoms with Crippen LogP contribution < -0.4 is 5.32 Å². The van der Waals surface area contributed by atoms with Gasteiger partial charge in [0, 0.05) is 6.42 Å². The molecule has 0 saturated heterocycles. The molecule has 0 aromatic carbocycles. The third kappa shape index (κ3) is 3.70. The molecule has 2 rings (SSSR count). The lowest BCUT2D eigenvalue weighted by Gasteiger charge is -2.25. The van der Waals surface area contributed by atoms with E-state index < -0.39 is 0 Å². The summed E-state index contributed by atoms with van der Waals surface area (Å²) >= 11 is 0. The molecule has 0 aliphatic heterocycles. The van der Waals surface area contributed by atoms with E-state index in [0.717, 1.165) is 43.0 Å². The molecule has 3 nitrogen and oxygen atoms in total. The third-order valence-electron chi connectivity index (χ3n) is 3.54. The minimum Gasteiger partial charge on any atom is -0.444 e. The van der Waals surface area contributed by atoms with E-state index in [0.29, 0.717) is 0 Å². The van der Waals surface area contributed by atoms with Crippen LogP contribution in [0.1, 0.15) is 45.3 Å². The van der Waals surface area contributed by atoms with Gasteiger partial charge >= 0.3 is 0 Å². The van der Waals surface area contributed by atoms with Gasteiger partial charge in [-0.2, -0.15) is 0 Å². The molecule has 0 spiro atoms. The van der Waals surface area contributed by atoms with Gasteiger partial charge in [-0.3, -0.25) is 0 Å². The molecule has 3 heteroatoms. The van der Waals surface area contributed by atoms with Gasteiger partial charge in [0.2, 0.25) is 5.89 Å². The zero-order valence-corrected chi connectivity index (χ0v) is 11.7. The van der Waals surface area contributed by atoms with Crippen LogP contribution in [0.4, 0.5) is 0 Å². The van der Waals surface area contributed by atoms with Gasteiger partial charge in [-0.15, -0.1) is 0 Å². The summed E-state index contributed by atoms with van der Waals surface area (Å²) < 4.78 is 5.58. The lowest BCUT2D eigenvalue weighted by molar-refractivity contribution is 0.366. The highest BCUT2D eigenvalue weighted by Crippen LogP contribution is 2.27. The maximum atomic E-state index is 5.58. The van der Waals surface area contributed by atoms with Crippen LogP contribution in [0, 0.1) is 11.8 Å². The van der Waals surface area contributed by atoms with Gasteiger partial charge in [-0.25, -0.2) is 4.98 Å². The van der Waals surface area contributed by atoms with Crippen LogP contribution in [0.25, 0.3) is 0 Å². The molecule has 1 aliphatic rings. The van der Waals surface area contributed by atoms with Crippen molar-refractivity contribution in [2.75, 3.05) is 6.54 Å². The van der Waals surface area contributed by atoms with Crippen molar-refractivity contribution in [3.63, 3.8) is 0 Å². The van der Waals surface area contributed by atoms with Crippen LogP contribution in [-0.4, -0.2) is 11.5 Å². The number of allylic oxidation sites excluding steroid dienone is 2. The van der Waals surface area contributed by atoms with Gasteiger partial charge in [0.15, 0.2) is 0 Å². The number of nitrogens with one attached hydrogen (secondary N) is 1. The lowest BCUT2D eigenvalue weighted by atomic mass is 9.84. The van der Waals surface area contributed by atoms with Gasteiger partial charge in [0.1, 0.15) is 5.76 Å². The molecule has 0 fully saturated rings. The zero-order chi connectivity index (χ0) is 13.0. The second-order valence-corrected chi connectivity index (χ2v) is 5.50. The molecule has 0 saturated carbocycles. The Morgan fingerprint density at radius 1 is 1.50 bits per heavy atom. The number of oxazole rings is 1. The standard InChI is InChI=1S/C15H24N2O/c1-4-14-9-17-15(18-14)10-16-8-13-6-11(2)5-12(3)7-13/h5,9,11,13,16H,4,6-8,10H2,1-3H3. The second-order valence-electron chi connectivity index (χ2n) is 5.50. The molecule has 0 radical (unpaired) electrons. The average Bonchev–Trinajstić information content (AvgIpc) is 2.76. The predicted octanol–water partition coefficient (Wildman–Crippen LogP) is 3.32. The molecule has 1 heterocycles. The molecule has 0 amide bonds. The average molecular weight is 248 g/mol. The number of nitrogens with zero attached hydrogens (tertiary/aromatic N) is 1. The van der Waals surface area contributed by atoms with Crippen molar-refractivity contribution in [1.82, 2.24) is 10.3 Å². The van der Waals surface area contributed by atoms with Gasteiger partial charge < -0.3 is 9.73 Å². The van der Waals surface area contributed by atoms with E-state index in [1.807, 2.05) is 6.20 Å². The van der Waals surface area contributed by atoms with Crippen LogP contribution in [0.15, 0.2) is 22.3 Å². The van der Waals surface area contributed by atoms with Crippen molar-refractivity contribution < 1.29 is 4.42 Å². The molecule has 1 aromatic rings. The first kappa shape index (κ1) is 13.3. The maximum Gasteiger partial charge on any atom is 0.208 e. The molecule has 2 unspecified atom stereocenters. The van der Waals surface area contributed by atoms with E-state index >= 15 is 0 Å². The summed E-state index contributed by atoms with van der Waals surface area (Å²) in [5, 5.41) is 3.47. The molecule has 2 atom stereocenters. The lowest BCUT2D eigenvalue weighted by Crippen LogP contribution is -2.26. The number of rotatable bonds is 5. The minimum atomic E-state index is 0.721. The van der Waals surface area contributed by atoms with E-state index in [4.69, 9.17) is 4.42 Å². The van der Waals surface area contributed by atoms with E-state index in [2.05, 4.69) is 37.1 Å². The van der Waals surface area contributed by atoms with E-state index in [-0.39, 0.29) is 0 Å². The molecule has 1 aromatic heterocycles. The monoisotopic (exact) mass is 248 g/mol. The molecule has 1 N–H and O–H groups in total. The van der Waals surface area contributed by atoms with Gasteiger partial charge in [0.05, 0.1) is 12.7 Å². The van der Waals surface area contributed by atoms with Crippen molar-refractivity contribution in [3.8, 4) is 0 Å². The highest BCUT2D eigenvalue weighted by Gasteiger charge is 2.17. The second kappa shape index (κ2) is 6.19. The Morgan fingerprint density at radius 2 is 2.33 bits per heavy atom. The highest BCUT2D eigenvalue weighted by molar-refractivity contribution is 5.06. The van der Waals surface area contributed by atoms with Crippen molar-refractivity contribution in [2.24, 2.45) is 11.8 Å². The molecule has 0 bridgehead atoms. The van der Waals surface area contributed by atoms with Crippen LogP contribution in [0.2, 0.25) is 0 Å². The number of hydrogen-bond acceptors (Lipinski definition) is 3. The van der Waals surface area contributed by atoms with Crippen molar-refractivity contribution in [3.05, 3.63) is 29.5 Å². The van der Waals surface area contributed by atoms with Crippen LogP contribution in [0.5, 0.6) is 0 Å². The Morgan fingerprint density at radius 3 is 3.00 bits per heavy atom. The Hall–Kier alpha value is -1.09. The molecular weight excluding hydrogens is 224 g/mol. The van der Waals surface area contributed by atoms with Crippen LogP contribution in [0.3, 0.4) is 0 Å². The fourth-order valence-corrected chi connectivity index (χ4v) is 2.82. The molecule has 18 heavy (non-hydrogen) atoms. The third-order valence-corrected chi connectivity index (χ3v) is 3.54. The van der Waals surface area contributed by atoms with Gasteiger partial charge in [0.25, 0.3) is 0 Å². The molecule has 100 valence electrons. The predicted molar refractivity (Wildman–Crippen MR) is 73.2 cm³/mol. The first-order valence-corrected chi connectivity index (χ1v) is 6.99.